The lowest BCUT2D eigenvalue weighted by Crippen LogP contribution is -2.30. The van der Waals surface area contributed by atoms with E-state index in [0.717, 1.165) is 24.2 Å². The number of hydrogen-bond donors (Lipinski definition) is 2. The molecular formula is C14H19NO2S. The van der Waals surface area contributed by atoms with Gasteiger partial charge in [-0.3, -0.25) is 0 Å². The summed E-state index contributed by atoms with van der Waals surface area (Å²) in [6.07, 6.45) is 3.22. The molecule has 2 aromatic heterocycles. The third-order valence-corrected chi connectivity index (χ3v) is 3.69. The highest BCUT2D eigenvalue weighted by Crippen LogP contribution is 2.15. The molecule has 98 valence electrons. The number of aryl methyl sites for hydroxylation is 1. The fraction of sp³-hybridized carbons (Fsp3) is 0.429. The fourth-order valence-electron chi connectivity index (χ4n) is 1.81. The molecule has 18 heavy (non-hydrogen) atoms. The Kier molecular flexibility index (Phi) is 4.99. The monoisotopic (exact) mass is 265 g/mol. The molecule has 2 heterocycles. The van der Waals surface area contributed by atoms with Crippen LogP contribution < -0.4 is 5.32 Å². The summed E-state index contributed by atoms with van der Waals surface area (Å²) in [5, 5.41) is 17.3. The summed E-state index contributed by atoms with van der Waals surface area (Å²) >= 11 is 1.61. The molecule has 3 nitrogen and oxygen atoms in total. The number of aliphatic hydroxyl groups excluding tert-OH is 1. The molecule has 0 aliphatic carbocycles. The number of hydrogen-bond acceptors (Lipinski definition) is 4. The lowest BCUT2D eigenvalue weighted by molar-refractivity contribution is 0.170. The van der Waals surface area contributed by atoms with E-state index >= 15 is 0 Å². The largest absolute Gasteiger partial charge is 0.469 e. The van der Waals surface area contributed by atoms with Crippen molar-refractivity contribution in [2.75, 3.05) is 6.54 Å². The Morgan fingerprint density at radius 3 is 3.00 bits per heavy atom. The number of thiophene rings is 1. The molecule has 0 spiro atoms. The van der Waals surface area contributed by atoms with Gasteiger partial charge in [0, 0.05) is 19.0 Å². The van der Waals surface area contributed by atoms with Crippen LogP contribution in [-0.2, 0) is 6.42 Å². The van der Waals surface area contributed by atoms with Gasteiger partial charge in [-0.05, 0) is 47.9 Å². The molecule has 0 fully saturated rings. The average molecular weight is 265 g/mol. The molecule has 2 unspecified atom stereocenters. The zero-order valence-electron chi connectivity index (χ0n) is 10.5. The molecule has 2 atom stereocenters. The van der Waals surface area contributed by atoms with E-state index in [1.807, 2.05) is 29.0 Å². The highest BCUT2D eigenvalue weighted by Gasteiger charge is 2.10. The van der Waals surface area contributed by atoms with Crippen LogP contribution in [0.1, 0.15) is 30.8 Å². The molecule has 0 saturated heterocycles. The van der Waals surface area contributed by atoms with Gasteiger partial charge in [0.25, 0.3) is 0 Å². The van der Waals surface area contributed by atoms with Gasteiger partial charge in [-0.25, -0.2) is 0 Å². The zero-order valence-corrected chi connectivity index (χ0v) is 11.3. The molecule has 2 aromatic rings. The van der Waals surface area contributed by atoms with Crippen molar-refractivity contribution in [2.24, 2.45) is 0 Å². The predicted octanol–water partition coefficient (Wildman–Crippen LogP) is 2.99. The SMILES string of the molecule is CC(CCc1ccco1)NCC(O)c1ccsc1. The number of rotatable bonds is 7. The first-order valence-electron chi connectivity index (χ1n) is 6.21. The van der Waals surface area contributed by atoms with E-state index in [1.165, 1.54) is 0 Å². The minimum Gasteiger partial charge on any atom is -0.469 e. The Morgan fingerprint density at radius 2 is 2.33 bits per heavy atom. The van der Waals surface area contributed by atoms with Gasteiger partial charge in [0.15, 0.2) is 0 Å². The first-order chi connectivity index (χ1) is 8.75. The van der Waals surface area contributed by atoms with Crippen LogP contribution in [0.5, 0.6) is 0 Å². The maximum Gasteiger partial charge on any atom is 0.103 e. The van der Waals surface area contributed by atoms with Crippen molar-refractivity contribution in [3.63, 3.8) is 0 Å². The van der Waals surface area contributed by atoms with E-state index < -0.39 is 6.10 Å². The summed E-state index contributed by atoms with van der Waals surface area (Å²) in [5.41, 5.74) is 0.991. The van der Waals surface area contributed by atoms with Gasteiger partial charge in [0.05, 0.1) is 12.4 Å². The second-order valence-corrected chi connectivity index (χ2v) is 5.28. The quantitative estimate of drug-likeness (QED) is 0.809. The third kappa shape index (κ3) is 3.98. The van der Waals surface area contributed by atoms with Crippen LogP contribution in [0.3, 0.4) is 0 Å². The first-order valence-corrected chi connectivity index (χ1v) is 7.16. The average Bonchev–Trinajstić information content (AvgIpc) is 3.05. The molecule has 2 N–H and O–H groups in total. The van der Waals surface area contributed by atoms with Crippen molar-refractivity contribution >= 4 is 11.3 Å². The first kappa shape index (κ1) is 13.3. The van der Waals surface area contributed by atoms with Gasteiger partial charge in [0.2, 0.25) is 0 Å². The van der Waals surface area contributed by atoms with Crippen LogP contribution in [0.2, 0.25) is 0 Å². The summed E-state index contributed by atoms with van der Waals surface area (Å²) in [4.78, 5) is 0. The summed E-state index contributed by atoms with van der Waals surface area (Å²) < 4.78 is 5.29. The number of nitrogens with one attached hydrogen (secondary N) is 1. The highest BCUT2D eigenvalue weighted by atomic mass is 32.1. The molecule has 2 rings (SSSR count). The third-order valence-electron chi connectivity index (χ3n) is 2.99. The van der Waals surface area contributed by atoms with Gasteiger partial charge < -0.3 is 14.8 Å². The van der Waals surface area contributed by atoms with Crippen LogP contribution in [0.25, 0.3) is 0 Å². The molecular weight excluding hydrogens is 246 g/mol. The second-order valence-electron chi connectivity index (χ2n) is 4.50. The zero-order chi connectivity index (χ0) is 12.8. The minimum absolute atomic E-state index is 0.364. The summed E-state index contributed by atoms with van der Waals surface area (Å²) in [6.45, 7) is 2.72. The lowest BCUT2D eigenvalue weighted by Gasteiger charge is -2.16. The standard InChI is InChI=1S/C14H19NO2S/c1-11(4-5-13-3-2-7-17-13)15-9-14(16)12-6-8-18-10-12/h2-3,6-8,10-11,14-16H,4-5,9H2,1H3. The lowest BCUT2D eigenvalue weighted by atomic mass is 10.1. The van der Waals surface area contributed by atoms with E-state index in [9.17, 15) is 5.11 Å². The maximum absolute atomic E-state index is 9.94. The molecule has 0 amide bonds. The van der Waals surface area contributed by atoms with Gasteiger partial charge in [-0.1, -0.05) is 0 Å². The van der Waals surface area contributed by atoms with Gasteiger partial charge in [-0.2, -0.15) is 11.3 Å². The Labute approximate surface area is 111 Å². The summed E-state index contributed by atoms with van der Waals surface area (Å²) in [6, 6.07) is 6.23. The Morgan fingerprint density at radius 1 is 1.44 bits per heavy atom. The van der Waals surface area contributed by atoms with Crippen molar-refractivity contribution in [3.05, 3.63) is 46.5 Å². The van der Waals surface area contributed by atoms with Crippen LogP contribution in [0, 0.1) is 0 Å². The van der Waals surface area contributed by atoms with Crippen LogP contribution in [0.4, 0.5) is 0 Å². The molecule has 0 aromatic carbocycles. The number of aliphatic hydroxyl groups is 1. The normalized spacial score (nSPS) is 14.6. The van der Waals surface area contributed by atoms with Crippen LogP contribution in [-0.4, -0.2) is 17.7 Å². The maximum atomic E-state index is 9.94. The Hall–Kier alpha value is -1.10. The highest BCUT2D eigenvalue weighted by molar-refractivity contribution is 7.07. The van der Waals surface area contributed by atoms with E-state index in [2.05, 4.69) is 12.2 Å². The molecule has 0 saturated carbocycles. The van der Waals surface area contributed by atoms with Gasteiger partial charge >= 0.3 is 0 Å². The van der Waals surface area contributed by atoms with E-state index in [0.29, 0.717) is 12.6 Å². The van der Waals surface area contributed by atoms with Crippen molar-refractivity contribution in [2.45, 2.75) is 31.9 Å². The smallest absolute Gasteiger partial charge is 0.103 e. The van der Waals surface area contributed by atoms with Gasteiger partial charge in [-0.15, -0.1) is 0 Å². The van der Waals surface area contributed by atoms with Crippen molar-refractivity contribution < 1.29 is 9.52 Å². The minimum atomic E-state index is -0.415. The molecule has 0 bridgehead atoms. The van der Waals surface area contributed by atoms with Crippen LogP contribution in [0.15, 0.2) is 39.6 Å². The molecule has 0 aliphatic rings. The Bertz CT molecular complexity index is 425. The summed E-state index contributed by atoms with van der Waals surface area (Å²) in [5.74, 6) is 1.02. The summed E-state index contributed by atoms with van der Waals surface area (Å²) in [7, 11) is 0. The van der Waals surface area contributed by atoms with Crippen molar-refractivity contribution in [3.8, 4) is 0 Å². The van der Waals surface area contributed by atoms with Gasteiger partial charge in [0.1, 0.15) is 5.76 Å². The number of furan rings is 1. The van der Waals surface area contributed by atoms with Crippen LogP contribution >= 0.6 is 11.3 Å². The van der Waals surface area contributed by atoms with E-state index in [-0.39, 0.29) is 0 Å². The van der Waals surface area contributed by atoms with E-state index in [1.54, 1.807) is 17.6 Å². The van der Waals surface area contributed by atoms with E-state index in [4.69, 9.17) is 4.42 Å². The molecule has 0 aliphatic heterocycles. The topological polar surface area (TPSA) is 45.4 Å². The fourth-order valence-corrected chi connectivity index (χ4v) is 2.52. The Balaban J connectivity index is 1.67. The molecule has 4 heteroatoms. The predicted molar refractivity (Wildman–Crippen MR) is 73.8 cm³/mol. The second kappa shape index (κ2) is 6.73. The van der Waals surface area contributed by atoms with Crippen molar-refractivity contribution in [1.29, 1.82) is 0 Å². The molecule has 0 radical (unpaired) electrons. The van der Waals surface area contributed by atoms with Crippen molar-refractivity contribution in [1.82, 2.24) is 5.32 Å².